The molecule has 2 aromatic rings. The van der Waals surface area contributed by atoms with Crippen molar-refractivity contribution in [1.82, 2.24) is 4.98 Å². The summed E-state index contributed by atoms with van der Waals surface area (Å²) in [5, 5.41) is 3.69. The number of halogens is 1. The third-order valence-electron chi connectivity index (χ3n) is 2.58. The molecule has 0 spiro atoms. The maximum absolute atomic E-state index is 6.01. The van der Waals surface area contributed by atoms with E-state index < -0.39 is 0 Å². The molecule has 0 saturated heterocycles. The minimum absolute atomic E-state index is 0.0722. The van der Waals surface area contributed by atoms with Crippen molar-refractivity contribution >= 4 is 22.9 Å². The number of nitrogens with two attached hydrogens (primary N) is 1. The zero-order valence-corrected chi connectivity index (χ0v) is 12.6. The molecule has 0 fully saturated rings. The van der Waals surface area contributed by atoms with Crippen molar-refractivity contribution in [3.63, 3.8) is 0 Å². The SMILES string of the molecule is Cc1csc(COc2ccc(Cl)cc2CC(C)N)n1. The molecule has 1 unspecified atom stereocenters. The van der Waals surface area contributed by atoms with Gasteiger partial charge in [-0.2, -0.15) is 0 Å². The van der Waals surface area contributed by atoms with Crippen molar-refractivity contribution in [3.05, 3.63) is 44.9 Å². The van der Waals surface area contributed by atoms with E-state index in [2.05, 4.69) is 4.98 Å². The average Bonchev–Trinajstić information content (AvgIpc) is 2.73. The fourth-order valence-corrected chi connectivity index (χ4v) is 2.68. The number of aryl methyl sites for hydroxylation is 1. The minimum Gasteiger partial charge on any atom is -0.486 e. The third-order valence-corrected chi connectivity index (χ3v) is 3.76. The van der Waals surface area contributed by atoms with Crippen LogP contribution in [0.3, 0.4) is 0 Å². The standard InChI is InChI=1S/C14H17ClN2OS/c1-9(16)5-11-6-12(15)3-4-13(11)18-7-14-17-10(2)8-19-14/h3-4,6,8-9H,5,7,16H2,1-2H3. The number of benzene rings is 1. The summed E-state index contributed by atoms with van der Waals surface area (Å²) in [6.07, 6.45) is 0.743. The first-order valence-electron chi connectivity index (χ1n) is 6.12. The quantitative estimate of drug-likeness (QED) is 0.917. The number of ether oxygens (including phenoxy) is 1. The number of hydrogen-bond donors (Lipinski definition) is 1. The van der Waals surface area contributed by atoms with Crippen LogP contribution in [0.15, 0.2) is 23.6 Å². The molecule has 2 N–H and O–H groups in total. The van der Waals surface area contributed by atoms with E-state index in [1.54, 1.807) is 11.3 Å². The molecule has 1 atom stereocenters. The van der Waals surface area contributed by atoms with Crippen molar-refractivity contribution < 1.29 is 4.74 Å². The van der Waals surface area contributed by atoms with Gasteiger partial charge < -0.3 is 10.5 Å². The molecule has 0 aliphatic rings. The van der Waals surface area contributed by atoms with E-state index in [1.165, 1.54) is 0 Å². The second-order valence-corrected chi connectivity index (χ2v) is 5.98. The second-order valence-electron chi connectivity index (χ2n) is 4.60. The molecule has 0 amide bonds. The van der Waals surface area contributed by atoms with Gasteiger partial charge >= 0.3 is 0 Å². The van der Waals surface area contributed by atoms with E-state index in [9.17, 15) is 0 Å². The van der Waals surface area contributed by atoms with Gasteiger partial charge in [-0.3, -0.25) is 0 Å². The highest BCUT2D eigenvalue weighted by molar-refractivity contribution is 7.09. The number of thiazole rings is 1. The van der Waals surface area contributed by atoms with Crippen LogP contribution in [0.25, 0.3) is 0 Å². The normalized spacial score (nSPS) is 12.4. The van der Waals surface area contributed by atoms with E-state index >= 15 is 0 Å². The molecule has 5 heteroatoms. The van der Waals surface area contributed by atoms with Crippen LogP contribution in [0.4, 0.5) is 0 Å². The van der Waals surface area contributed by atoms with Crippen LogP contribution >= 0.6 is 22.9 Å². The van der Waals surface area contributed by atoms with Crippen LogP contribution in [0.1, 0.15) is 23.2 Å². The molecule has 1 aromatic heterocycles. The molecule has 2 rings (SSSR count). The zero-order valence-electron chi connectivity index (χ0n) is 11.0. The van der Waals surface area contributed by atoms with Gasteiger partial charge in [-0.25, -0.2) is 4.98 Å². The lowest BCUT2D eigenvalue weighted by atomic mass is 10.1. The second kappa shape index (κ2) is 6.37. The highest BCUT2D eigenvalue weighted by atomic mass is 35.5. The van der Waals surface area contributed by atoms with Gasteiger partial charge in [0.15, 0.2) is 0 Å². The van der Waals surface area contributed by atoms with Crippen LogP contribution < -0.4 is 10.5 Å². The number of nitrogens with zero attached hydrogens (tertiary/aromatic N) is 1. The van der Waals surface area contributed by atoms with Crippen molar-refractivity contribution in [1.29, 1.82) is 0 Å². The van der Waals surface area contributed by atoms with Crippen LogP contribution in [-0.4, -0.2) is 11.0 Å². The zero-order chi connectivity index (χ0) is 13.8. The minimum atomic E-state index is 0.0722. The summed E-state index contributed by atoms with van der Waals surface area (Å²) in [5.41, 5.74) is 7.91. The lowest BCUT2D eigenvalue weighted by molar-refractivity contribution is 0.301. The average molecular weight is 297 g/mol. The maximum atomic E-state index is 6.01. The summed E-state index contributed by atoms with van der Waals surface area (Å²) in [5.74, 6) is 0.828. The van der Waals surface area contributed by atoms with E-state index in [0.29, 0.717) is 11.6 Å². The first-order valence-corrected chi connectivity index (χ1v) is 7.38. The van der Waals surface area contributed by atoms with E-state index in [1.807, 2.05) is 37.4 Å². The fraction of sp³-hybridized carbons (Fsp3) is 0.357. The van der Waals surface area contributed by atoms with Crippen LogP contribution in [0.2, 0.25) is 5.02 Å². The Hall–Kier alpha value is -1.10. The predicted molar refractivity (Wildman–Crippen MR) is 80.0 cm³/mol. The Balaban J connectivity index is 2.10. The van der Waals surface area contributed by atoms with E-state index in [4.69, 9.17) is 22.1 Å². The Bertz CT molecular complexity index is 554. The largest absolute Gasteiger partial charge is 0.486 e. The summed E-state index contributed by atoms with van der Waals surface area (Å²) in [6.45, 7) is 4.42. The lowest BCUT2D eigenvalue weighted by Crippen LogP contribution is -2.18. The number of hydrogen-bond acceptors (Lipinski definition) is 4. The molecule has 0 saturated carbocycles. The molecule has 3 nitrogen and oxygen atoms in total. The first-order chi connectivity index (χ1) is 9.04. The molecule has 0 bridgehead atoms. The van der Waals surface area contributed by atoms with Gasteiger partial charge in [-0.1, -0.05) is 11.6 Å². The van der Waals surface area contributed by atoms with Gasteiger partial charge in [0.25, 0.3) is 0 Å². The maximum Gasteiger partial charge on any atom is 0.140 e. The van der Waals surface area contributed by atoms with Crippen molar-refractivity contribution in [2.75, 3.05) is 0 Å². The Morgan fingerprint density at radius 3 is 2.89 bits per heavy atom. The van der Waals surface area contributed by atoms with Crippen LogP contribution in [0, 0.1) is 6.92 Å². The van der Waals surface area contributed by atoms with Crippen LogP contribution in [-0.2, 0) is 13.0 Å². The molecule has 1 aromatic carbocycles. The molecule has 0 aliphatic heterocycles. The van der Waals surface area contributed by atoms with Gasteiger partial charge in [0, 0.05) is 22.1 Å². The Labute approximate surface area is 122 Å². The van der Waals surface area contributed by atoms with Gasteiger partial charge in [0.2, 0.25) is 0 Å². The van der Waals surface area contributed by atoms with E-state index in [0.717, 1.165) is 28.4 Å². The third kappa shape index (κ3) is 4.20. The summed E-state index contributed by atoms with van der Waals surface area (Å²) < 4.78 is 5.83. The molecule has 1 heterocycles. The summed E-state index contributed by atoms with van der Waals surface area (Å²) in [6, 6.07) is 5.70. The molecule has 19 heavy (non-hydrogen) atoms. The Morgan fingerprint density at radius 2 is 2.26 bits per heavy atom. The van der Waals surface area contributed by atoms with E-state index in [-0.39, 0.29) is 6.04 Å². The molecule has 0 radical (unpaired) electrons. The summed E-state index contributed by atoms with van der Waals surface area (Å²) >= 11 is 7.62. The van der Waals surface area contributed by atoms with Crippen molar-refractivity contribution in [3.8, 4) is 5.75 Å². The fourth-order valence-electron chi connectivity index (χ4n) is 1.80. The number of rotatable bonds is 5. The monoisotopic (exact) mass is 296 g/mol. The van der Waals surface area contributed by atoms with Gasteiger partial charge in [0.05, 0.1) is 0 Å². The Kier molecular flexibility index (Phi) is 4.80. The van der Waals surface area contributed by atoms with Crippen molar-refractivity contribution in [2.45, 2.75) is 32.9 Å². The molecular weight excluding hydrogens is 280 g/mol. The van der Waals surface area contributed by atoms with Crippen LogP contribution in [0.5, 0.6) is 5.75 Å². The summed E-state index contributed by atoms with van der Waals surface area (Å²) in [7, 11) is 0. The topological polar surface area (TPSA) is 48.1 Å². The summed E-state index contributed by atoms with van der Waals surface area (Å²) in [4.78, 5) is 4.38. The highest BCUT2D eigenvalue weighted by Gasteiger charge is 2.08. The first kappa shape index (κ1) is 14.3. The highest BCUT2D eigenvalue weighted by Crippen LogP contribution is 2.25. The lowest BCUT2D eigenvalue weighted by Gasteiger charge is -2.12. The van der Waals surface area contributed by atoms with Gasteiger partial charge in [0.1, 0.15) is 17.4 Å². The molecule has 102 valence electrons. The van der Waals surface area contributed by atoms with Crippen molar-refractivity contribution in [2.24, 2.45) is 5.73 Å². The molecule has 0 aliphatic carbocycles. The van der Waals surface area contributed by atoms with Gasteiger partial charge in [-0.15, -0.1) is 11.3 Å². The predicted octanol–water partition coefficient (Wildman–Crippen LogP) is 3.57. The molecular formula is C14H17ClN2OS. The Morgan fingerprint density at radius 1 is 1.47 bits per heavy atom. The smallest absolute Gasteiger partial charge is 0.140 e. The number of aromatic nitrogens is 1. The van der Waals surface area contributed by atoms with Gasteiger partial charge in [-0.05, 0) is 44.0 Å².